The van der Waals surface area contributed by atoms with Gasteiger partial charge in [0, 0.05) is 5.56 Å². The number of allylic oxidation sites excluding steroid dienone is 4. The number of fused-ring (bicyclic) bond motifs is 2. The predicted molar refractivity (Wildman–Crippen MR) is 138 cm³/mol. The summed E-state index contributed by atoms with van der Waals surface area (Å²) >= 11 is 0. The number of aromatic nitrogens is 1. The number of hydrogen-bond donors (Lipinski definition) is 0. The fourth-order valence-corrected chi connectivity index (χ4v) is 4.59. The smallest absolute Gasteiger partial charge is 0.227 e. The van der Waals surface area contributed by atoms with Crippen LogP contribution in [0.25, 0.3) is 50.0 Å². The van der Waals surface area contributed by atoms with Gasteiger partial charge in [0.2, 0.25) is 5.89 Å². The van der Waals surface area contributed by atoms with Crippen LogP contribution in [-0.4, -0.2) is 4.98 Å². The first-order valence-electron chi connectivity index (χ1n) is 11.7. The van der Waals surface area contributed by atoms with Gasteiger partial charge in [0.15, 0.2) is 5.58 Å². The maximum atomic E-state index is 5.95. The molecule has 0 saturated carbocycles. The van der Waals surface area contributed by atoms with Gasteiger partial charge in [-0.3, -0.25) is 0 Å². The topological polar surface area (TPSA) is 26.0 Å². The van der Waals surface area contributed by atoms with Crippen LogP contribution in [0, 0.1) is 5.92 Å². The van der Waals surface area contributed by atoms with Crippen molar-refractivity contribution in [3.63, 3.8) is 0 Å². The molecule has 33 heavy (non-hydrogen) atoms. The van der Waals surface area contributed by atoms with Crippen molar-refractivity contribution in [2.75, 3.05) is 0 Å². The molecular formula is C31H25NO. The van der Waals surface area contributed by atoms with Crippen molar-refractivity contribution in [3.05, 3.63) is 109 Å². The van der Waals surface area contributed by atoms with Gasteiger partial charge < -0.3 is 4.42 Å². The highest BCUT2D eigenvalue weighted by molar-refractivity contribution is 5.91. The van der Waals surface area contributed by atoms with Crippen molar-refractivity contribution in [3.8, 4) is 22.6 Å². The van der Waals surface area contributed by atoms with E-state index in [-0.39, 0.29) is 0 Å². The second-order valence-corrected chi connectivity index (χ2v) is 8.76. The number of oxazole rings is 1. The monoisotopic (exact) mass is 427 g/mol. The summed E-state index contributed by atoms with van der Waals surface area (Å²) in [4.78, 5) is 4.63. The average Bonchev–Trinajstić information content (AvgIpc) is 3.33. The number of para-hydroxylation sites is 2. The quantitative estimate of drug-likeness (QED) is 0.287. The minimum atomic E-state index is 0.661. The van der Waals surface area contributed by atoms with Gasteiger partial charge in [-0.2, -0.15) is 0 Å². The van der Waals surface area contributed by atoms with Crippen LogP contribution in [-0.2, 0) is 0 Å². The second-order valence-electron chi connectivity index (χ2n) is 8.76. The molecule has 0 aliphatic heterocycles. The molecular weight excluding hydrogens is 402 g/mol. The molecule has 1 aliphatic carbocycles. The van der Waals surface area contributed by atoms with Crippen molar-refractivity contribution in [1.29, 1.82) is 0 Å². The van der Waals surface area contributed by atoms with E-state index in [9.17, 15) is 0 Å². The first-order valence-corrected chi connectivity index (χ1v) is 11.7. The molecule has 6 rings (SSSR count). The summed E-state index contributed by atoms with van der Waals surface area (Å²) in [7, 11) is 0. The maximum absolute atomic E-state index is 5.95. The van der Waals surface area contributed by atoms with Gasteiger partial charge in [-0.05, 0) is 82.1 Å². The molecule has 0 N–H and O–H groups in total. The van der Waals surface area contributed by atoms with Crippen LogP contribution >= 0.6 is 0 Å². The summed E-state index contributed by atoms with van der Waals surface area (Å²) in [6, 6.07) is 29.8. The van der Waals surface area contributed by atoms with Crippen LogP contribution in [0.15, 0.2) is 108 Å². The zero-order valence-electron chi connectivity index (χ0n) is 18.7. The Morgan fingerprint density at radius 3 is 2.21 bits per heavy atom. The highest BCUT2D eigenvalue weighted by Gasteiger charge is 2.10. The van der Waals surface area contributed by atoms with Gasteiger partial charge >= 0.3 is 0 Å². The molecule has 2 nitrogen and oxygen atoms in total. The molecule has 0 bridgehead atoms. The molecule has 2 heteroatoms. The lowest BCUT2D eigenvalue weighted by atomic mass is 9.91. The van der Waals surface area contributed by atoms with Gasteiger partial charge in [0.1, 0.15) is 5.52 Å². The van der Waals surface area contributed by atoms with E-state index in [1.807, 2.05) is 24.3 Å². The number of rotatable bonds is 4. The molecule has 0 radical (unpaired) electrons. The fraction of sp³-hybridized carbons (Fsp3) is 0.129. The van der Waals surface area contributed by atoms with Gasteiger partial charge in [0.25, 0.3) is 0 Å². The summed E-state index contributed by atoms with van der Waals surface area (Å²) in [6.45, 7) is 2.25. The molecule has 0 amide bonds. The fourth-order valence-electron chi connectivity index (χ4n) is 4.59. The van der Waals surface area contributed by atoms with E-state index in [2.05, 4.69) is 90.8 Å². The Balaban J connectivity index is 1.27. The highest BCUT2D eigenvalue weighted by Crippen LogP contribution is 2.31. The normalized spacial score (nSPS) is 15.8. The molecule has 1 atom stereocenters. The van der Waals surface area contributed by atoms with E-state index in [1.165, 1.54) is 39.5 Å². The molecule has 5 aromatic rings. The van der Waals surface area contributed by atoms with E-state index in [4.69, 9.17) is 4.42 Å². The van der Waals surface area contributed by atoms with Crippen molar-refractivity contribution >= 4 is 27.4 Å². The van der Waals surface area contributed by atoms with Crippen LogP contribution in [0.4, 0.5) is 0 Å². The zero-order valence-corrected chi connectivity index (χ0v) is 18.7. The molecule has 0 fully saturated rings. The third-order valence-electron chi connectivity index (χ3n) is 6.65. The molecule has 1 aromatic heterocycles. The van der Waals surface area contributed by atoms with Crippen molar-refractivity contribution in [1.82, 2.24) is 4.98 Å². The first-order chi connectivity index (χ1) is 16.3. The maximum Gasteiger partial charge on any atom is 0.227 e. The van der Waals surface area contributed by atoms with Crippen LogP contribution < -0.4 is 0 Å². The molecule has 0 saturated heterocycles. The lowest BCUT2D eigenvalue weighted by molar-refractivity contribution is 0.620. The Morgan fingerprint density at radius 1 is 0.788 bits per heavy atom. The van der Waals surface area contributed by atoms with Crippen molar-refractivity contribution in [2.24, 2.45) is 5.92 Å². The average molecular weight is 428 g/mol. The summed E-state index contributed by atoms with van der Waals surface area (Å²) in [5.41, 5.74) is 7.77. The lowest BCUT2D eigenvalue weighted by Gasteiger charge is -2.14. The van der Waals surface area contributed by atoms with E-state index >= 15 is 0 Å². The Morgan fingerprint density at radius 2 is 1.48 bits per heavy atom. The van der Waals surface area contributed by atoms with Crippen LogP contribution in [0.1, 0.15) is 25.3 Å². The van der Waals surface area contributed by atoms with E-state index in [1.54, 1.807) is 0 Å². The minimum absolute atomic E-state index is 0.661. The number of hydrogen-bond acceptors (Lipinski definition) is 2. The van der Waals surface area contributed by atoms with E-state index in [0.29, 0.717) is 11.8 Å². The Labute approximate surface area is 193 Å². The van der Waals surface area contributed by atoms with Crippen molar-refractivity contribution < 1.29 is 4.42 Å². The van der Waals surface area contributed by atoms with Crippen LogP contribution in [0.3, 0.4) is 0 Å². The predicted octanol–water partition coefficient (Wildman–Crippen LogP) is 8.68. The Kier molecular flexibility index (Phi) is 4.92. The van der Waals surface area contributed by atoms with Crippen molar-refractivity contribution in [2.45, 2.75) is 19.8 Å². The lowest BCUT2D eigenvalue weighted by Crippen LogP contribution is -1.97. The van der Waals surface area contributed by atoms with Gasteiger partial charge in [-0.1, -0.05) is 79.7 Å². The van der Waals surface area contributed by atoms with Gasteiger partial charge in [0.05, 0.1) is 0 Å². The molecule has 1 unspecified atom stereocenters. The summed E-state index contributed by atoms with van der Waals surface area (Å²) < 4.78 is 5.95. The Hall–Kier alpha value is -3.91. The minimum Gasteiger partial charge on any atom is -0.436 e. The Bertz CT molecular complexity index is 1490. The second kappa shape index (κ2) is 8.22. The molecule has 160 valence electrons. The summed E-state index contributed by atoms with van der Waals surface area (Å²) in [5.74, 6) is 1.35. The summed E-state index contributed by atoms with van der Waals surface area (Å²) in [5, 5.41) is 2.39. The highest BCUT2D eigenvalue weighted by atomic mass is 16.3. The van der Waals surface area contributed by atoms with Crippen LogP contribution in [0.5, 0.6) is 0 Å². The SMILES string of the molecule is CCC1C=CC(c2ccc(-c3ccc4cc(-c5nc6ccccc6o5)ccc4c3)cc2)=CC1. The number of nitrogens with zero attached hydrogens (tertiary/aromatic N) is 1. The third kappa shape index (κ3) is 3.78. The van der Waals surface area contributed by atoms with Crippen LogP contribution in [0.2, 0.25) is 0 Å². The first kappa shape index (κ1) is 19.8. The number of benzene rings is 4. The standard InChI is InChI=1S/C31H25NO/c1-2-21-7-9-22(10-8-21)23-11-13-24(14-12-23)25-15-16-27-20-28(18-17-26(27)19-25)31-32-29-5-3-4-6-30(29)33-31/h3-7,9-21H,2,8H2,1H3. The van der Waals surface area contributed by atoms with E-state index in [0.717, 1.165) is 23.1 Å². The molecule has 1 aliphatic rings. The van der Waals surface area contributed by atoms with E-state index < -0.39 is 0 Å². The largest absolute Gasteiger partial charge is 0.436 e. The molecule has 0 spiro atoms. The van der Waals surface area contributed by atoms with Gasteiger partial charge in [-0.15, -0.1) is 0 Å². The molecule has 4 aromatic carbocycles. The molecule has 1 heterocycles. The third-order valence-corrected chi connectivity index (χ3v) is 6.65. The van der Waals surface area contributed by atoms with Gasteiger partial charge in [-0.25, -0.2) is 4.98 Å². The zero-order chi connectivity index (χ0) is 22.2. The summed E-state index contributed by atoms with van der Waals surface area (Å²) in [6.07, 6.45) is 9.34.